The molecule has 0 atom stereocenters. The van der Waals surface area contributed by atoms with Gasteiger partial charge in [0.2, 0.25) is 0 Å². The number of piperidine rings is 1. The van der Waals surface area contributed by atoms with Gasteiger partial charge in [-0.25, -0.2) is 4.79 Å². The van der Waals surface area contributed by atoms with Gasteiger partial charge in [0.25, 0.3) is 0 Å². The third kappa shape index (κ3) is 2.51. The van der Waals surface area contributed by atoms with E-state index in [0.29, 0.717) is 12.2 Å². The summed E-state index contributed by atoms with van der Waals surface area (Å²) in [6.45, 7) is 2.70. The van der Waals surface area contributed by atoms with Gasteiger partial charge in [0.05, 0.1) is 0 Å². The summed E-state index contributed by atoms with van der Waals surface area (Å²) in [5.74, 6) is -0.919. The highest BCUT2D eigenvalue weighted by atomic mass is 32.1. The zero-order valence-electron chi connectivity index (χ0n) is 8.35. The van der Waals surface area contributed by atoms with Crippen molar-refractivity contribution < 1.29 is 9.90 Å². The Morgan fingerprint density at radius 1 is 1.40 bits per heavy atom. The van der Waals surface area contributed by atoms with Gasteiger partial charge in [0, 0.05) is 6.54 Å². The van der Waals surface area contributed by atoms with Crippen LogP contribution in [0.5, 0.6) is 0 Å². The van der Waals surface area contributed by atoms with Crippen molar-refractivity contribution in [2.45, 2.75) is 25.8 Å². The predicted octanol–water partition coefficient (Wildman–Crippen LogP) is 1.22. The van der Waals surface area contributed by atoms with Crippen LogP contribution < -0.4 is 0 Å². The van der Waals surface area contributed by atoms with Gasteiger partial charge in [-0.15, -0.1) is 5.10 Å². The Balaban J connectivity index is 2.03. The molecule has 0 amide bonds. The normalized spacial score (nSPS) is 17.9. The molecule has 2 rings (SSSR count). The number of aromatic nitrogens is 2. The quantitative estimate of drug-likeness (QED) is 0.841. The van der Waals surface area contributed by atoms with Crippen LogP contribution in [0, 0.1) is 0 Å². The van der Waals surface area contributed by atoms with Crippen molar-refractivity contribution in [3.63, 3.8) is 0 Å². The molecule has 0 spiro atoms. The van der Waals surface area contributed by atoms with Crippen molar-refractivity contribution in [1.82, 2.24) is 14.5 Å². The summed E-state index contributed by atoms with van der Waals surface area (Å²) in [7, 11) is 0. The van der Waals surface area contributed by atoms with Crippen LogP contribution in [0.3, 0.4) is 0 Å². The van der Waals surface area contributed by atoms with Gasteiger partial charge < -0.3 is 5.11 Å². The summed E-state index contributed by atoms with van der Waals surface area (Å²) in [5, 5.41) is 12.8. The largest absolute Gasteiger partial charge is 0.477 e. The Bertz CT molecular complexity index is 347. The van der Waals surface area contributed by atoms with E-state index < -0.39 is 5.97 Å². The zero-order valence-corrected chi connectivity index (χ0v) is 9.16. The lowest BCUT2D eigenvalue weighted by atomic mass is 10.1. The number of likely N-dealkylation sites (tertiary alicyclic amines) is 1. The number of hydrogen-bond donors (Lipinski definition) is 1. The van der Waals surface area contributed by atoms with E-state index in [9.17, 15) is 4.79 Å². The molecule has 5 nitrogen and oxygen atoms in total. The Labute approximate surface area is 91.9 Å². The lowest BCUT2D eigenvalue weighted by Crippen LogP contribution is -2.29. The van der Waals surface area contributed by atoms with Crippen molar-refractivity contribution in [1.29, 1.82) is 0 Å². The molecule has 0 unspecified atom stereocenters. The summed E-state index contributed by atoms with van der Waals surface area (Å²) in [5.41, 5.74) is 0.606. The van der Waals surface area contributed by atoms with E-state index >= 15 is 0 Å². The first kappa shape index (κ1) is 10.5. The molecule has 1 aromatic heterocycles. The average molecular weight is 227 g/mol. The number of carbonyl (C=O) groups is 1. The summed E-state index contributed by atoms with van der Waals surface area (Å²) < 4.78 is 3.69. The third-order valence-electron chi connectivity index (χ3n) is 2.57. The Morgan fingerprint density at radius 3 is 2.80 bits per heavy atom. The van der Waals surface area contributed by atoms with E-state index in [4.69, 9.17) is 5.11 Å². The van der Waals surface area contributed by atoms with E-state index in [1.54, 1.807) is 0 Å². The second kappa shape index (κ2) is 4.67. The van der Waals surface area contributed by atoms with Crippen molar-refractivity contribution >= 4 is 17.5 Å². The summed E-state index contributed by atoms with van der Waals surface area (Å²) in [6.07, 6.45) is 3.66. The van der Waals surface area contributed by atoms with Crippen LogP contribution in [0.4, 0.5) is 0 Å². The summed E-state index contributed by atoms with van der Waals surface area (Å²) in [6, 6.07) is 0. The molecule has 1 aliphatic heterocycles. The molecule has 0 aromatic carbocycles. The Hall–Kier alpha value is -1.01. The van der Waals surface area contributed by atoms with Gasteiger partial charge in [-0.2, -0.15) is 0 Å². The second-order valence-corrected chi connectivity index (χ2v) is 4.44. The van der Waals surface area contributed by atoms with Crippen LogP contribution in [0.1, 0.15) is 34.6 Å². The molecule has 15 heavy (non-hydrogen) atoms. The number of carboxylic acid groups (broad SMARTS) is 1. The van der Waals surface area contributed by atoms with Gasteiger partial charge >= 0.3 is 5.97 Å². The van der Waals surface area contributed by atoms with Crippen LogP contribution in [-0.4, -0.2) is 38.7 Å². The first-order valence-corrected chi connectivity index (χ1v) is 5.81. The topological polar surface area (TPSA) is 66.3 Å². The van der Waals surface area contributed by atoms with Crippen LogP contribution in [0.2, 0.25) is 0 Å². The number of aromatic carboxylic acids is 1. The Morgan fingerprint density at radius 2 is 2.13 bits per heavy atom. The van der Waals surface area contributed by atoms with Crippen molar-refractivity contribution in [3.05, 3.63) is 10.6 Å². The highest BCUT2D eigenvalue weighted by molar-refractivity contribution is 7.07. The maximum Gasteiger partial charge on any atom is 0.349 e. The SMILES string of the molecule is O=C(O)c1snnc1CN1CCCCC1. The van der Waals surface area contributed by atoms with Crippen LogP contribution in [0.15, 0.2) is 0 Å². The first-order chi connectivity index (χ1) is 7.27. The molecule has 1 N–H and O–H groups in total. The minimum atomic E-state index is -0.919. The van der Waals surface area contributed by atoms with Crippen LogP contribution in [-0.2, 0) is 6.54 Å². The van der Waals surface area contributed by atoms with E-state index in [0.717, 1.165) is 24.6 Å². The molecule has 0 radical (unpaired) electrons. The highest BCUT2D eigenvalue weighted by Gasteiger charge is 2.18. The molecule has 0 bridgehead atoms. The second-order valence-electron chi connectivity index (χ2n) is 3.69. The first-order valence-electron chi connectivity index (χ1n) is 5.04. The van der Waals surface area contributed by atoms with Crippen LogP contribution in [0.25, 0.3) is 0 Å². The maximum atomic E-state index is 10.8. The fourth-order valence-electron chi connectivity index (χ4n) is 1.80. The molecule has 82 valence electrons. The van der Waals surface area contributed by atoms with E-state index in [2.05, 4.69) is 14.5 Å². The molecule has 6 heteroatoms. The van der Waals surface area contributed by atoms with Gasteiger partial charge in [0.1, 0.15) is 5.69 Å². The maximum absolute atomic E-state index is 10.8. The molecule has 2 heterocycles. The standard InChI is InChI=1S/C9H13N3O2S/c13-9(14)8-7(10-11-15-8)6-12-4-2-1-3-5-12/h1-6H2,(H,13,14). The molecule has 1 aliphatic rings. The highest BCUT2D eigenvalue weighted by Crippen LogP contribution is 2.16. The number of carboxylic acids is 1. The van der Waals surface area contributed by atoms with Crippen molar-refractivity contribution in [2.75, 3.05) is 13.1 Å². The van der Waals surface area contributed by atoms with Gasteiger partial charge in [0.15, 0.2) is 4.88 Å². The predicted molar refractivity (Wildman–Crippen MR) is 56.0 cm³/mol. The summed E-state index contributed by atoms with van der Waals surface area (Å²) >= 11 is 0.959. The molecule has 0 saturated carbocycles. The monoisotopic (exact) mass is 227 g/mol. The molecule has 1 fully saturated rings. The molecule has 0 aliphatic carbocycles. The van der Waals surface area contributed by atoms with E-state index in [1.807, 2.05) is 0 Å². The zero-order chi connectivity index (χ0) is 10.7. The fraction of sp³-hybridized carbons (Fsp3) is 0.667. The van der Waals surface area contributed by atoms with E-state index in [-0.39, 0.29) is 4.88 Å². The number of rotatable bonds is 3. The minimum absolute atomic E-state index is 0.278. The van der Waals surface area contributed by atoms with Gasteiger partial charge in [-0.3, -0.25) is 4.90 Å². The van der Waals surface area contributed by atoms with E-state index in [1.165, 1.54) is 19.3 Å². The molecule has 1 saturated heterocycles. The van der Waals surface area contributed by atoms with Gasteiger partial charge in [-0.1, -0.05) is 10.9 Å². The van der Waals surface area contributed by atoms with Crippen molar-refractivity contribution in [2.24, 2.45) is 0 Å². The number of hydrogen-bond acceptors (Lipinski definition) is 5. The smallest absolute Gasteiger partial charge is 0.349 e. The fourth-order valence-corrected chi connectivity index (χ4v) is 2.31. The average Bonchev–Trinajstić information content (AvgIpc) is 2.67. The molecular formula is C9H13N3O2S. The summed E-state index contributed by atoms with van der Waals surface area (Å²) in [4.78, 5) is 13.4. The minimum Gasteiger partial charge on any atom is -0.477 e. The third-order valence-corrected chi connectivity index (χ3v) is 3.33. The van der Waals surface area contributed by atoms with Crippen molar-refractivity contribution in [3.8, 4) is 0 Å². The molecule has 1 aromatic rings. The van der Waals surface area contributed by atoms with Crippen LogP contribution >= 0.6 is 11.5 Å². The lowest BCUT2D eigenvalue weighted by molar-refractivity contribution is 0.0699. The molecular weight excluding hydrogens is 214 g/mol. The number of nitrogens with zero attached hydrogens (tertiary/aromatic N) is 3. The lowest BCUT2D eigenvalue weighted by Gasteiger charge is -2.25. The van der Waals surface area contributed by atoms with Gasteiger partial charge in [-0.05, 0) is 37.5 Å². The Kier molecular flexibility index (Phi) is 3.27.